The number of rotatable bonds is 8. The molecule has 3 aliphatic carbocycles. The number of hydrogen-bond acceptors (Lipinski definition) is 0. The number of aryl methyl sites for hydroxylation is 1. The monoisotopic (exact) mass is 510 g/mol. The van der Waals surface area contributed by atoms with Crippen LogP contribution < -0.4 is 0 Å². The Hall–Kier alpha value is -3.64. The molecule has 0 nitrogen and oxygen atoms in total. The number of benzene rings is 2. The van der Waals surface area contributed by atoms with E-state index in [0.29, 0.717) is 5.92 Å². The lowest BCUT2D eigenvalue weighted by Gasteiger charge is -2.32. The van der Waals surface area contributed by atoms with E-state index in [9.17, 15) is 0 Å². The predicted octanol–water partition coefficient (Wildman–Crippen LogP) is 10.9. The van der Waals surface area contributed by atoms with Crippen molar-refractivity contribution in [1.29, 1.82) is 0 Å². The van der Waals surface area contributed by atoms with Gasteiger partial charge in [-0.25, -0.2) is 0 Å². The predicted molar refractivity (Wildman–Crippen MR) is 171 cm³/mol. The van der Waals surface area contributed by atoms with E-state index in [4.69, 9.17) is 0 Å². The summed E-state index contributed by atoms with van der Waals surface area (Å²) in [5.41, 5.74) is 17.4. The third kappa shape index (κ3) is 5.30. The van der Waals surface area contributed by atoms with Gasteiger partial charge in [0.1, 0.15) is 0 Å². The Morgan fingerprint density at radius 1 is 0.949 bits per heavy atom. The zero-order chi connectivity index (χ0) is 27.7. The average Bonchev–Trinajstić information content (AvgIpc) is 3.53. The van der Waals surface area contributed by atoms with E-state index in [1.54, 1.807) is 0 Å². The Morgan fingerprint density at radius 3 is 2.31 bits per heavy atom. The Balaban J connectivity index is 1.41. The van der Waals surface area contributed by atoms with E-state index in [1.807, 2.05) is 0 Å². The first-order valence-electron chi connectivity index (χ1n) is 14.5. The molecule has 0 aliphatic heterocycles. The third-order valence-corrected chi connectivity index (χ3v) is 8.76. The van der Waals surface area contributed by atoms with Gasteiger partial charge in [-0.2, -0.15) is 0 Å². The molecule has 2 atom stereocenters. The molecule has 0 bridgehead atoms. The van der Waals surface area contributed by atoms with Gasteiger partial charge in [0.25, 0.3) is 0 Å². The molecule has 2 aromatic rings. The van der Waals surface area contributed by atoms with Gasteiger partial charge in [-0.3, -0.25) is 0 Å². The summed E-state index contributed by atoms with van der Waals surface area (Å²) in [7, 11) is 0. The van der Waals surface area contributed by atoms with Crippen LogP contribution in [0.5, 0.6) is 0 Å². The summed E-state index contributed by atoms with van der Waals surface area (Å²) in [6.07, 6.45) is 14.7. The second-order valence-corrected chi connectivity index (χ2v) is 11.5. The standard InChI is InChI=1S/C39H42/c1-8-10-26(5)38-28(7)39-27(6)35(23-36(39)24-37(38)33-14-11-29(9-2)12-15-33)22-30-13-16-34(21-30)32-19-17-31(18-20-32)25(3)4/h11-20,22,24,37,39H,3,5-6,8-10,21,23H2,1-2,4,7H3. The van der Waals surface area contributed by atoms with Crippen molar-refractivity contribution in [3.8, 4) is 0 Å². The molecule has 2 aromatic carbocycles. The zero-order valence-corrected chi connectivity index (χ0v) is 24.2. The first kappa shape index (κ1) is 26.9. The minimum atomic E-state index is 0.273. The van der Waals surface area contributed by atoms with Crippen molar-refractivity contribution in [1.82, 2.24) is 0 Å². The molecule has 0 radical (unpaired) electrons. The largest absolute Gasteiger partial charge is 0.0955 e. The molecule has 2 unspecified atom stereocenters. The van der Waals surface area contributed by atoms with E-state index < -0.39 is 0 Å². The first-order valence-corrected chi connectivity index (χ1v) is 14.5. The van der Waals surface area contributed by atoms with Crippen LogP contribution in [-0.4, -0.2) is 0 Å². The topological polar surface area (TPSA) is 0 Å². The summed E-state index contributed by atoms with van der Waals surface area (Å²) in [5, 5.41) is 0. The van der Waals surface area contributed by atoms with Crippen molar-refractivity contribution in [2.24, 2.45) is 5.92 Å². The summed E-state index contributed by atoms with van der Waals surface area (Å²) in [4.78, 5) is 0. The Morgan fingerprint density at radius 2 is 1.67 bits per heavy atom. The van der Waals surface area contributed by atoms with Crippen LogP contribution >= 0.6 is 0 Å². The Bertz CT molecular complexity index is 1470. The fourth-order valence-electron chi connectivity index (χ4n) is 6.58. The number of hydrogen-bond donors (Lipinski definition) is 0. The fourth-order valence-corrected chi connectivity index (χ4v) is 6.58. The minimum absolute atomic E-state index is 0.273. The first-order chi connectivity index (χ1) is 18.8. The molecule has 0 N–H and O–H groups in total. The normalized spacial score (nSPS) is 21.6. The summed E-state index contributed by atoms with van der Waals surface area (Å²) in [5.74, 6) is 0.574. The van der Waals surface area contributed by atoms with Crippen LogP contribution in [0.2, 0.25) is 0 Å². The summed E-state index contributed by atoms with van der Waals surface area (Å²) >= 11 is 0. The van der Waals surface area contributed by atoms with Crippen LogP contribution in [0, 0.1) is 5.92 Å². The summed E-state index contributed by atoms with van der Waals surface area (Å²) in [6.45, 7) is 22.1. The molecule has 0 heteroatoms. The second kappa shape index (κ2) is 11.2. The van der Waals surface area contributed by atoms with Crippen LogP contribution in [0.15, 0.2) is 132 Å². The van der Waals surface area contributed by atoms with E-state index in [2.05, 4.69) is 120 Å². The van der Waals surface area contributed by atoms with Gasteiger partial charge >= 0.3 is 0 Å². The second-order valence-electron chi connectivity index (χ2n) is 11.5. The molecule has 1 saturated carbocycles. The molecular formula is C39H42. The SMILES string of the molecule is C=C(CCC)C1=C(C)C2C(=C)C(=CC3=CC=C(c4ccc(C(=C)C)cc4)C3)CC2=CC1c1ccc(CC)cc1. The molecule has 39 heavy (non-hydrogen) atoms. The maximum Gasteiger partial charge on any atom is 0.0274 e. The maximum absolute atomic E-state index is 4.65. The highest BCUT2D eigenvalue weighted by Gasteiger charge is 2.37. The van der Waals surface area contributed by atoms with Gasteiger partial charge in [0.15, 0.2) is 0 Å². The smallest absolute Gasteiger partial charge is 0.0274 e. The lowest BCUT2D eigenvalue weighted by molar-refractivity contribution is 0.771. The van der Waals surface area contributed by atoms with Gasteiger partial charge < -0.3 is 0 Å². The van der Waals surface area contributed by atoms with Crippen LogP contribution in [-0.2, 0) is 6.42 Å². The molecule has 0 heterocycles. The van der Waals surface area contributed by atoms with Crippen molar-refractivity contribution < 1.29 is 0 Å². The molecule has 0 spiro atoms. The summed E-state index contributed by atoms with van der Waals surface area (Å²) < 4.78 is 0. The van der Waals surface area contributed by atoms with Crippen LogP contribution in [0.3, 0.4) is 0 Å². The average molecular weight is 511 g/mol. The fraction of sp³-hybridized carbons (Fsp3) is 0.282. The van der Waals surface area contributed by atoms with Crippen LogP contribution in [0.25, 0.3) is 11.1 Å². The van der Waals surface area contributed by atoms with Crippen LogP contribution in [0.1, 0.15) is 81.5 Å². The molecule has 198 valence electrons. The third-order valence-electron chi connectivity index (χ3n) is 8.76. The van der Waals surface area contributed by atoms with Crippen molar-refractivity contribution >= 4 is 11.1 Å². The lowest BCUT2D eigenvalue weighted by Crippen LogP contribution is -2.16. The molecule has 0 amide bonds. The van der Waals surface area contributed by atoms with Gasteiger partial charge in [-0.05, 0) is 89.7 Å². The van der Waals surface area contributed by atoms with Crippen molar-refractivity contribution in [2.45, 2.75) is 65.7 Å². The number of fused-ring (bicyclic) bond motifs is 1. The van der Waals surface area contributed by atoms with Crippen molar-refractivity contribution in [3.63, 3.8) is 0 Å². The quantitative estimate of drug-likeness (QED) is 0.310. The zero-order valence-electron chi connectivity index (χ0n) is 24.2. The molecule has 3 aliphatic rings. The molecule has 5 rings (SSSR count). The molecule has 1 fully saturated rings. The van der Waals surface area contributed by atoms with Gasteiger partial charge in [-0.1, -0.05) is 135 Å². The van der Waals surface area contributed by atoms with E-state index in [1.165, 1.54) is 66.8 Å². The van der Waals surface area contributed by atoms with E-state index in [-0.39, 0.29) is 5.92 Å². The molecule has 0 saturated heterocycles. The molecular weight excluding hydrogens is 468 g/mol. The highest BCUT2D eigenvalue weighted by Crippen LogP contribution is 2.52. The maximum atomic E-state index is 4.65. The van der Waals surface area contributed by atoms with Gasteiger partial charge in [0, 0.05) is 11.8 Å². The van der Waals surface area contributed by atoms with E-state index in [0.717, 1.165) is 37.7 Å². The van der Waals surface area contributed by atoms with Gasteiger partial charge in [-0.15, -0.1) is 0 Å². The lowest BCUT2D eigenvalue weighted by atomic mass is 9.72. The van der Waals surface area contributed by atoms with Gasteiger partial charge in [0.2, 0.25) is 0 Å². The van der Waals surface area contributed by atoms with Gasteiger partial charge in [0.05, 0.1) is 0 Å². The summed E-state index contributed by atoms with van der Waals surface area (Å²) in [6, 6.07) is 18.0. The highest BCUT2D eigenvalue weighted by atomic mass is 14.4. The Labute approximate surface area is 236 Å². The minimum Gasteiger partial charge on any atom is -0.0955 e. The number of allylic oxidation sites excluding steroid dienone is 13. The van der Waals surface area contributed by atoms with Crippen molar-refractivity contribution in [3.05, 3.63) is 154 Å². The van der Waals surface area contributed by atoms with E-state index >= 15 is 0 Å². The Kier molecular flexibility index (Phi) is 7.76. The molecule has 0 aromatic heterocycles. The van der Waals surface area contributed by atoms with Crippen LogP contribution in [0.4, 0.5) is 0 Å². The highest BCUT2D eigenvalue weighted by molar-refractivity contribution is 5.75. The van der Waals surface area contributed by atoms with Crippen molar-refractivity contribution in [2.75, 3.05) is 0 Å².